The summed E-state index contributed by atoms with van der Waals surface area (Å²) in [6.07, 6.45) is 0.821. The number of carbonyl (C=O) groups is 2. The van der Waals surface area contributed by atoms with Gasteiger partial charge in [0.15, 0.2) is 0 Å². The molecule has 0 aliphatic heterocycles. The monoisotopic (exact) mass is 167 g/mol. The van der Waals surface area contributed by atoms with Crippen LogP contribution in [-0.4, -0.2) is 53.2 Å². The molecule has 0 aliphatic carbocycles. The summed E-state index contributed by atoms with van der Waals surface area (Å²) < 4.78 is 4.36. The molecule has 1 N–H and O–H groups in total. The predicted molar refractivity (Wildman–Crippen MR) is 39.2 cm³/mol. The first-order chi connectivity index (χ1) is 4.66. The van der Waals surface area contributed by atoms with E-state index in [0.717, 1.165) is 6.08 Å². The fraction of sp³-hybridized carbons (Fsp3) is 0.333. The first-order valence-electron chi connectivity index (χ1n) is 2.68. The Morgan fingerprint density at radius 1 is 1.55 bits per heavy atom. The molecule has 0 aliphatic rings. The molecule has 4 nitrogen and oxygen atoms in total. The normalized spacial score (nSPS) is 7.64. The van der Waals surface area contributed by atoms with E-state index in [1.165, 1.54) is 0 Å². The van der Waals surface area contributed by atoms with Gasteiger partial charge in [-0.2, -0.15) is 0 Å². The predicted octanol–water partition coefficient (Wildman–Crippen LogP) is -0.190. The fourth-order valence-corrected chi connectivity index (χ4v) is 0.298. The van der Waals surface area contributed by atoms with E-state index in [1.54, 1.807) is 0 Å². The van der Waals surface area contributed by atoms with Gasteiger partial charge in [-0.15, -0.1) is 0 Å². The van der Waals surface area contributed by atoms with Crippen molar-refractivity contribution in [1.82, 2.24) is 0 Å². The zero-order valence-corrected chi connectivity index (χ0v) is 8.37. The molecule has 0 aromatic rings. The molecular formula is C6H8NaO4. The number of hydrogen-bond acceptors (Lipinski definition) is 3. The average molecular weight is 167 g/mol. The molecule has 0 aromatic carbocycles. The van der Waals surface area contributed by atoms with Crippen LogP contribution >= 0.6 is 0 Å². The Bertz CT molecular complexity index is 155. The third kappa shape index (κ3) is 9.68. The number of carboxylic acid groups (broad SMARTS) is 1. The molecule has 57 valence electrons. The van der Waals surface area contributed by atoms with Crippen LogP contribution in [0.3, 0.4) is 0 Å². The first kappa shape index (κ1) is 13.3. The van der Waals surface area contributed by atoms with Crippen molar-refractivity contribution in [2.45, 2.75) is 6.42 Å². The molecule has 0 saturated heterocycles. The van der Waals surface area contributed by atoms with Crippen LogP contribution in [0, 0.1) is 0 Å². The van der Waals surface area contributed by atoms with Crippen LogP contribution in [0.5, 0.6) is 0 Å². The summed E-state index contributed by atoms with van der Waals surface area (Å²) in [7, 11) is 0. The smallest absolute Gasteiger partial charge is 0.330 e. The van der Waals surface area contributed by atoms with Crippen molar-refractivity contribution in [3.8, 4) is 0 Å². The number of carboxylic acids is 1. The molecule has 0 amide bonds. The number of hydrogen-bond donors (Lipinski definition) is 1. The molecule has 0 aromatic heterocycles. The van der Waals surface area contributed by atoms with Gasteiger partial charge in [0.1, 0.15) is 6.61 Å². The average Bonchev–Trinajstić information content (AvgIpc) is 1.87. The molecule has 0 rings (SSSR count). The van der Waals surface area contributed by atoms with E-state index in [0.29, 0.717) is 0 Å². The van der Waals surface area contributed by atoms with Gasteiger partial charge in [-0.3, -0.25) is 4.79 Å². The van der Waals surface area contributed by atoms with Crippen LogP contribution in [-0.2, 0) is 14.3 Å². The fourth-order valence-electron chi connectivity index (χ4n) is 0.298. The Balaban J connectivity index is 0. The summed E-state index contributed by atoms with van der Waals surface area (Å²) in [4.78, 5) is 20.1. The number of carbonyl (C=O) groups excluding carboxylic acids is 1. The van der Waals surface area contributed by atoms with E-state index < -0.39 is 11.9 Å². The third-order valence-corrected chi connectivity index (χ3v) is 0.727. The molecule has 0 heterocycles. The van der Waals surface area contributed by atoms with E-state index in [2.05, 4.69) is 11.3 Å². The molecule has 0 saturated carbocycles. The maximum Gasteiger partial charge on any atom is 0.330 e. The number of rotatable bonds is 4. The van der Waals surface area contributed by atoms with Gasteiger partial charge >= 0.3 is 11.9 Å². The van der Waals surface area contributed by atoms with Crippen molar-refractivity contribution in [1.29, 1.82) is 0 Å². The van der Waals surface area contributed by atoms with Gasteiger partial charge in [0.05, 0.1) is 6.42 Å². The van der Waals surface area contributed by atoms with Gasteiger partial charge in [-0.1, -0.05) is 6.58 Å². The van der Waals surface area contributed by atoms with Crippen LogP contribution in [0.4, 0.5) is 0 Å². The maximum absolute atomic E-state index is 10.3. The second-order valence-corrected chi connectivity index (χ2v) is 1.52. The zero-order chi connectivity index (χ0) is 7.98. The SMILES string of the molecule is C=CC(=O)OCCC(=O)O.[Na]. The Morgan fingerprint density at radius 3 is 2.45 bits per heavy atom. The van der Waals surface area contributed by atoms with Gasteiger partial charge in [0, 0.05) is 35.6 Å². The number of aliphatic carboxylic acids is 1. The molecule has 0 spiro atoms. The van der Waals surface area contributed by atoms with E-state index in [1.807, 2.05) is 0 Å². The standard InChI is InChI=1S/C6H8O4.Na/c1-2-6(9)10-4-3-5(7)8;/h2H,1,3-4H2,(H,7,8);. The van der Waals surface area contributed by atoms with Crippen molar-refractivity contribution < 1.29 is 19.4 Å². The Hall–Kier alpha value is -0.320. The molecule has 0 atom stereocenters. The van der Waals surface area contributed by atoms with Gasteiger partial charge in [-0.05, 0) is 0 Å². The van der Waals surface area contributed by atoms with Crippen molar-refractivity contribution >= 4 is 41.5 Å². The van der Waals surface area contributed by atoms with Gasteiger partial charge in [-0.25, -0.2) is 4.79 Å². The first-order valence-corrected chi connectivity index (χ1v) is 2.68. The third-order valence-electron chi connectivity index (χ3n) is 0.727. The molecular weight excluding hydrogens is 159 g/mol. The van der Waals surface area contributed by atoms with E-state index in [-0.39, 0.29) is 42.6 Å². The van der Waals surface area contributed by atoms with Gasteiger partial charge in [0.2, 0.25) is 0 Å². The molecule has 0 unspecified atom stereocenters. The van der Waals surface area contributed by atoms with Crippen molar-refractivity contribution in [2.24, 2.45) is 0 Å². The summed E-state index contributed by atoms with van der Waals surface area (Å²) in [5, 5.41) is 8.08. The minimum atomic E-state index is -0.989. The summed E-state index contributed by atoms with van der Waals surface area (Å²) in [6.45, 7) is 3.04. The molecule has 0 fully saturated rings. The van der Waals surface area contributed by atoms with Crippen LogP contribution < -0.4 is 0 Å². The molecule has 11 heavy (non-hydrogen) atoms. The van der Waals surface area contributed by atoms with Crippen LogP contribution in [0.25, 0.3) is 0 Å². The Morgan fingerprint density at radius 2 is 2.09 bits per heavy atom. The van der Waals surface area contributed by atoms with Crippen molar-refractivity contribution in [2.75, 3.05) is 6.61 Å². The minimum absolute atomic E-state index is 0. The summed E-state index contributed by atoms with van der Waals surface area (Å²) >= 11 is 0. The molecule has 0 bridgehead atoms. The van der Waals surface area contributed by atoms with Gasteiger partial charge < -0.3 is 9.84 Å². The summed E-state index contributed by atoms with van der Waals surface area (Å²) in [6, 6.07) is 0. The van der Waals surface area contributed by atoms with E-state index in [9.17, 15) is 9.59 Å². The summed E-state index contributed by atoms with van der Waals surface area (Å²) in [5.74, 6) is -1.59. The van der Waals surface area contributed by atoms with Crippen LogP contribution in [0.2, 0.25) is 0 Å². The number of esters is 1. The topological polar surface area (TPSA) is 63.6 Å². The van der Waals surface area contributed by atoms with Crippen molar-refractivity contribution in [3.05, 3.63) is 12.7 Å². The summed E-state index contributed by atoms with van der Waals surface area (Å²) in [5.41, 5.74) is 0. The zero-order valence-electron chi connectivity index (χ0n) is 6.37. The Kier molecular flexibility index (Phi) is 9.40. The van der Waals surface area contributed by atoms with Crippen LogP contribution in [0.1, 0.15) is 6.42 Å². The maximum atomic E-state index is 10.3. The second-order valence-electron chi connectivity index (χ2n) is 1.52. The quantitative estimate of drug-likeness (QED) is 0.358. The minimum Gasteiger partial charge on any atom is -0.481 e. The van der Waals surface area contributed by atoms with Crippen LogP contribution in [0.15, 0.2) is 12.7 Å². The second kappa shape index (κ2) is 7.78. The van der Waals surface area contributed by atoms with Crippen molar-refractivity contribution in [3.63, 3.8) is 0 Å². The van der Waals surface area contributed by atoms with Gasteiger partial charge in [0.25, 0.3) is 0 Å². The van der Waals surface area contributed by atoms with E-state index >= 15 is 0 Å². The molecule has 1 radical (unpaired) electrons. The Labute approximate surface area is 86.5 Å². The largest absolute Gasteiger partial charge is 0.481 e. The number of ether oxygens (including phenoxy) is 1. The van der Waals surface area contributed by atoms with E-state index in [4.69, 9.17) is 5.11 Å². The molecule has 5 heteroatoms.